The van der Waals surface area contributed by atoms with E-state index >= 15 is 0 Å². The van der Waals surface area contributed by atoms with Crippen LogP contribution < -0.4 is 0 Å². The van der Waals surface area contributed by atoms with Crippen LogP contribution in [0.4, 0.5) is 0 Å². The zero-order valence-corrected chi connectivity index (χ0v) is 13.2. The van der Waals surface area contributed by atoms with Crippen LogP contribution in [0.3, 0.4) is 0 Å². The zero-order chi connectivity index (χ0) is 14.6. The fraction of sp³-hybridized carbons (Fsp3) is 0.833. The van der Waals surface area contributed by atoms with Gasteiger partial charge in [0.1, 0.15) is 5.78 Å². The minimum atomic E-state index is -0.201. The number of carbonyl (C=O) groups is 1. The van der Waals surface area contributed by atoms with Gasteiger partial charge in [0.2, 0.25) is 0 Å². The molecule has 112 valence electrons. The normalized spacial score (nSPS) is 43.5. The van der Waals surface area contributed by atoms with Gasteiger partial charge in [-0.3, -0.25) is 4.79 Å². The summed E-state index contributed by atoms with van der Waals surface area (Å²) in [7, 11) is 0. The van der Waals surface area contributed by atoms with Crippen molar-refractivity contribution < 1.29 is 9.90 Å². The van der Waals surface area contributed by atoms with Gasteiger partial charge in [-0.15, -0.1) is 0 Å². The predicted octanol–water partition coefficient (Wildman–Crippen LogP) is 3.88. The lowest BCUT2D eigenvalue weighted by Gasteiger charge is -2.60. The van der Waals surface area contributed by atoms with E-state index in [4.69, 9.17) is 0 Å². The number of rotatable bonds is 1. The second-order valence-corrected chi connectivity index (χ2v) is 8.10. The summed E-state index contributed by atoms with van der Waals surface area (Å²) in [5, 5.41) is 10.1. The first-order chi connectivity index (χ1) is 9.37. The van der Waals surface area contributed by atoms with Crippen LogP contribution >= 0.6 is 0 Å². The Hall–Kier alpha value is -0.630. The van der Waals surface area contributed by atoms with Gasteiger partial charge in [-0.1, -0.05) is 32.4 Å². The minimum Gasteiger partial charge on any atom is -0.395 e. The maximum absolute atomic E-state index is 12.4. The van der Waals surface area contributed by atoms with Gasteiger partial charge in [0, 0.05) is 17.3 Å². The Morgan fingerprint density at radius 1 is 1.25 bits per heavy atom. The van der Waals surface area contributed by atoms with Crippen LogP contribution in [0.15, 0.2) is 11.6 Å². The largest absolute Gasteiger partial charge is 0.395 e. The molecule has 0 saturated heterocycles. The summed E-state index contributed by atoms with van der Waals surface area (Å²) in [6.45, 7) is 6.95. The van der Waals surface area contributed by atoms with E-state index in [2.05, 4.69) is 26.8 Å². The van der Waals surface area contributed by atoms with Gasteiger partial charge in [-0.2, -0.15) is 0 Å². The van der Waals surface area contributed by atoms with Gasteiger partial charge in [0.15, 0.2) is 0 Å². The highest BCUT2D eigenvalue weighted by Crippen LogP contribution is 2.65. The number of ketones is 1. The molecular formula is C18H28O2. The molecule has 3 aliphatic rings. The fourth-order valence-corrected chi connectivity index (χ4v) is 5.66. The van der Waals surface area contributed by atoms with Gasteiger partial charge >= 0.3 is 0 Å². The number of fused-ring (bicyclic) bond motifs is 3. The molecule has 2 heteroatoms. The third-order valence-corrected chi connectivity index (χ3v) is 6.84. The van der Waals surface area contributed by atoms with Crippen LogP contribution in [-0.2, 0) is 4.79 Å². The topological polar surface area (TPSA) is 37.3 Å². The van der Waals surface area contributed by atoms with E-state index in [1.165, 1.54) is 12.0 Å². The van der Waals surface area contributed by atoms with Crippen molar-refractivity contribution in [3.05, 3.63) is 11.6 Å². The molecule has 2 fully saturated rings. The van der Waals surface area contributed by atoms with Crippen LogP contribution in [0.1, 0.15) is 65.7 Å². The zero-order valence-electron chi connectivity index (χ0n) is 13.2. The van der Waals surface area contributed by atoms with Crippen LogP contribution in [0, 0.1) is 22.2 Å². The fourth-order valence-electron chi connectivity index (χ4n) is 5.66. The third-order valence-electron chi connectivity index (χ3n) is 6.84. The summed E-state index contributed by atoms with van der Waals surface area (Å²) in [5.74, 6) is 0.883. The highest BCUT2D eigenvalue weighted by Gasteiger charge is 2.59. The molecule has 2 nitrogen and oxygen atoms in total. The maximum Gasteiger partial charge on any atom is 0.138 e. The molecular weight excluding hydrogens is 248 g/mol. The molecule has 0 spiro atoms. The van der Waals surface area contributed by atoms with Crippen molar-refractivity contribution in [3.63, 3.8) is 0 Å². The number of hydrogen-bond donors (Lipinski definition) is 1. The van der Waals surface area contributed by atoms with Crippen molar-refractivity contribution in [2.24, 2.45) is 22.2 Å². The highest BCUT2D eigenvalue weighted by atomic mass is 16.3. The summed E-state index contributed by atoms with van der Waals surface area (Å²) in [5.41, 5.74) is 1.45. The molecule has 0 amide bonds. The number of Topliss-reactive ketones (excluding diaryl/α,β-unsaturated/α-hetero) is 1. The molecule has 0 aromatic rings. The Labute approximate surface area is 122 Å². The molecule has 0 aliphatic heterocycles. The molecule has 1 N–H and O–H groups in total. The van der Waals surface area contributed by atoms with Crippen molar-refractivity contribution in [2.75, 3.05) is 6.61 Å². The van der Waals surface area contributed by atoms with Crippen molar-refractivity contribution in [1.29, 1.82) is 0 Å². The van der Waals surface area contributed by atoms with E-state index in [9.17, 15) is 9.90 Å². The van der Waals surface area contributed by atoms with E-state index in [1.807, 2.05) is 0 Å². The standard InChI is InChI=1S/C18H28O2/c1-16(2)13-7-11-18(12-19)9-5-4-6-14(18)17(13,3)10-8-15(16)20/h6,13,19H,4-5,7-12H2,1-3H3/t13-,17-,18+/m1/s1. The number of carbonyl (C=O) groups excluding carboxylic acids is 1. The molecule has 0 heterocycles. The highest BCUT2D eigenvalue weighted by molar-refractivity contribution is 5.85. The average molecular weight is 276 g/mol. The average Bonchev–Trinajstić information content (AvgIpc) is 2.43. The molecule has 2 saturated carbocycles. The summed E-state index contributed by atoms with van der Waals surface area (Å²) in [4.78, 5) is 12.4. The monoisotopic (exact) mass is 276 g/mol. The van der Waals surface area contributed by atoms with Crippen LogP contribution in [0.2, 0.25) is 0 Å². The first kappa shape index (κ1) is 14.3. The van der Waals surface area contributed by atoms with Crippen molar-refractivity contribution in [2.45, 2.75) is 65.7 Å². The van der Waals surface area contributed by atoms with Crippen LogP contribution in [0.5, 0.6) is 0 Å². The molecule has 0 bridgehead atoms. The van der Waals surface area contributed by atoms with E-state index in [1.54, 1.807) is 0 Å². The summed E-state index contributed by atoms with van der Waals surface area (Å²) in [6, 6.07) is 0. The molecule has 3 aliphatic carbocycles. The van der Waals surface area contributed by atoms with Gasteiger partial charge in [0.05, 0.1) is 6.61 Å². The van der Waals surface area contributed by atoms with Gasteiger partial charge in [-0.25, -0.2) is 0 Å². The summed E-state index contributed by atoms with van der Waals surface area (Å²) in [6.07, 6.45) is 9.73. The number of aliphatic hydroxyl groups excluding tert-OH is 1. The SMILES string of the molecule is CC1(C)C(=O)CC[C@@]2(C)C3=CCCC[C@@]3(CO)CC[C@H]12. The Kier molecular flexibility index (Phi) is 3.17. The van der Waals surface area contributed by atoms with Crippen LogP contribution in [0.25, 0.3) is 0 Å². The molecule has 20 heavy (non-hydrogen) atoms. The van der Waals surface area contributed by atoms with Gasteiger partial charge in [-0.05, 0) is 49.9 Å². The number of allylic oxidation sites excluding steroid dienone is 1. The summed E-state index contributed by atoms with van der Waals surface area (Å²) >= 11 is 0. The molecule has 0 aromatic heterocycles. The minimum absolute atomic E-state index is 0.0277. The first-order valence-corrected chi connectivity index (χ1v) is 8.22. The lowest BCUT2D eigenvalue weighted by Crippen LogP contribution is -2.55. The molecule has 0 unspecified atom stereocenters. The molecule has 0 aromatic carbocycles. The smallest absolute Gasteiger partial charge is 0.138 e. The van der Waals surface area contributed by atoms with Crippen molar-refractivity contribution in [1.82, 2.24) is 0 Å². The van der Waals surface area contributed by atoms with E-state index in [-0.39, 0.29) is 22.9 Å². The quantitative estimate of drug-likeness (QED) is 0.738. The van der Waals surface area contributed by atoms with Crippen molar-refractivity contribution >= 4 is 5.78 Å². The van der Waals surface area contributed by atoms with Gasteiger partial charge in [0.25, 0.3) is 0 Å². The van der Waals surface area contributed by atoms with E-state index in [0.29, 0.717) is 18.1 Å². The Bertz CT molecular complexity index is 462. The molecule has 3 rings (SSSR count). The second kappa shape index (κ2) is 4.43. The van der Waals surface area contributed by atoms with Crippen LogP contribution in [-0.4, -0.2) is 17.5 Å². The predicted molar refractivity (Wildman–Crippen MR) is 80.3 cm³/mol. The number of aliphatic hydroxyl groups is 1. The summed E-state index contributed by atoms with van der Waals surface area (Å²) < 4.78 is 0. The Balaban J connectivity index is 2.07. The van der Waals surface area contributed by atoms with Gasteiger partial charge < -0.3 is 5.11 Å². The van der Waals surface area contributed by atoms with E-state index in [0.717, 1.165) is 32.1 Å². The maximum atomic E-state index is 12.4. The first-order valence-electron chi connectivity index (χ1n) is 8.22. The Morgan fingerprint density at radius 2 is 2.00 bits per heavy atom. The molecule has 0 radical (unpaired) electrons. The lowest BCUT2D eigenvalue weighted by molar-refractivity contribution is -0.142. The Morgan fingerprint density at radius 3 is 2.70 bits per heavy atom. The second-order valence-electron chi connectivity index (χ2n) is 8.10. The third kappa shape index (κ3) is 1.70. The van der Waals surface area contributed by atoms with Crippen molar-refractivity contribution in [3.8, 4) is 0 Å². The van der Waals surface area contributed by atoms with E-state index < -0.39 is 0 Å². The number of hydrogen-bond acceptors (Lipinski definition) is 2. The lowest BCUT2D eigenvalue weighted by atomic mass is 9.44. The molecule has 3 atom stereocenters.